The molecule has 0 aliphatic carbocycles. The Labute approximate surface area is 178 Å². The number of amides is 1. The zero-order valence-corrected chi connectivity index (χ0v) is 17.7. The molecule has 0 spiro atoms. The van der Waals surface area contributed by atoms with Gasteiger partial charge >= 0.3 is 0 Å². The van der Waals surface area contributed by atoms with Crippen molar-refractivity contribution in [2.24, 2.45) is 0 Å². The SMILES string of the molecule is COc1cccc(CC2CCCN2CCC(=O)N2CCN(c3ncccn3)CC2)c1. The first-order valence-electron chi connectivity index (χ1n) is 10.9. The number of likely N-dealkylation sites (tertiary alicyclic amines) is 1. The van der Waals surface area contributed by atoms with Gasteiger partial charge in [-0.25, -0.2) is 9.97 Å². The Morgan fingerprint density at radius 3 is 2.67 bits per heavy atom. The van der Waals surface area contributed by atoms with Crippen molar-refractivity contribution < 1.29 is 9.53 Å². The monoisotopic (exact) mass is 409 g/mol. The van der Waals surface area contributed by atoms with Crippen LogP contribution >= 0.6 is 0 Å². The van der Waals surface area contributed by atoms with Gasteiger partial charge in [0, 0.05) is 57.6 Å². The van der Waals surface area contributed by atoms with Gasteiger partial charge in [-0.05, 0) is 49.6 Å². The van der Waals surface area contributed by atoms with Gasteiger partial charge in [-0.15, -0.1) is 0 Å². The summed E-state index contributed by atoms with van der Waals surface area (Å²) in [5.41, 5.74) is 1.30. The third kappa shape index (κ3) is 5.08. The minimum atomic E-state index is 0.260. The summed E-state index contributed by atoms with van der Waals surface area (Å²) in [5.74, 6) is 1.92. The Bertz CT molecular complexity index is 823. The second-order valence-corrected chi connectivity index (χ2v) is 8.05. The summed E-state index contributed by atoms with van der Waals surface area (Å²) >= 11 is 0. The third-order valence-electron chi connectivity index (χ3n) is 6.18. The number of anilines is 1. The molecule has 2 fully saturated rings. The Hall–Kier alpha value is -2.67. The van der Waals surface area contributed by atoms with Crippen LogP contribution in [0.15, 0.2) is 42.7 Å². The van der Waals surface area contributed by atoms with Crippen molar-refractivity contribution in [3.63, 3.8) is 0 Å². The zero-order valence-electron chi connectivity index (χ0n) is 17.7. The van der Waals surface area contributed by atoms with Gasteiger partial charge in [0.05, 0.1) is 7.11 Å². The van der Waals surface area contributed by atoms with E-state index in [2.05, 4.69) is 38.0 Å². The van der Waals surface area contributed by atoms with Gasteiger partial charge < -0.3 is 14.5 Å². The lowest BCUT2D eigenvalue weighted by atomic mass is 10.0. The highest BCUT2D eigenvalue weighted by atomic mass is 16.5. The number of nitrogens with zero attached hydrogens (tertiary/aromatic N) is 5. The van der Waals surface area contributed by atoms with Gasteiger partial charge in [0.15, 0.2) is 0 Å². The van der Waals surface area contributed by atoms with Crippen LogP contribution in [-0.4, -0.2) is 78.1 Å². The van der Waals surface area contributed by atoms with Crippen LogP contribution in [0.5, 0.6) is 5.75 Å². The highest BCUT2D eigenvalue weighted by Crippen LogP contribution is 2.23. The summed E-state index contributed by atoms with van der Waals surface area (Å²) in [6, 6.07) is 10.7. The maximum Gasteiger partial charge on any atom is 0.225 e. The van der Waals surface area contributed by atoms with E-state index >= 15 is 0 Å². The molecule has 160 valence electrons. The molecule has 30 heavy (non-hydrogen) atoms. The van der Waals surface area contributed by atoms with E-state index < -0.39 is 0 Å². The topological polar surface area (TPSA) is 61.8 Å². The summed E-state index contributed by atoms with van der Waals surface area (Å²) in [5, 5.41) is 0. The Morgan fingerprint density at radius 1 is 1.10 bits per heavy atom. The minimum absolute atomic E-state index is 0.260. The lowest BCUT2D eigenvalue weighted by molar-refractivity contribution is -0.131. The fourth-order valence-corrected chi connectivity index (χ4v) is 4.50. The number of aromatic nitrogens is 2. The van der Waals surface area contributed by atoms with Gasteiger partial charge in [0.1, 0.15) is 5.75 Å². The van der Waals surface area contributed by atoms with Crippen molar-refractivity contribution in [1.29, 1.82) is 0 Å². The highest BCUT2D eigenvalue weighted by molar-refractivity contribution is 5.76. The van der Waals surface area contributed by atoms with Gasteiger partial charge in [-0.1, -0.05) is 12.1 Å². The van der Waals surface area contributed by atoms with Gasteiger partial charge in [0.25, 0.3) is 0 Å². The molecule has 1 aromatic heterocycles. The molecule has 7 heteroatoms. The summed E-state index contributed by atoms with van der Waals surface area (Å²) in [7, 11) is 1.71. The molecule has 0 N–H and O–H groups in total. The van der Waals surface area contributed by atoms with Crippen LogP contribution in [-0.2, 0) is 11.2 Å². The van der Waals surface area contributed by atoms with Crippen LogP contribution in [0.3, 0.4) is 0 Å². The molecule has 7 nitrogen and oxygen atoms in total. The number of carbonyl (C=O) groups is 1. The van der Waals surface area contributed by atoms with Crippen molar-refractivity contribution in [3.05, 3.63) is 48.3 Å². The molecule has 2 saturated heterocycles. The second kappa shape index (κ2) is 9.89. The molecule has 0 bridgehead atoms. The molecule has 1 amide bonds. The molecule has 3 heterocycles. The van der Waals surface area contributed by atoms with Crippen LogP contribution in [0, 0.1) is 0 Å². The summed E-state index contributed by atoms with van der Waals surface area (Å²) in [6.45, 7) is 4.99. The Morgan fingerprint density at radius 2 is 1.90 bits per heavy atom. The second-order valence-electron chi connectivity index (χ2n) is 8.05. The number of ether oxygens (including phenoxy) is 1. The number of piperazine rings is 1. The highest BCUT2D eigenvalue weighted by Gasteiger charge is 2.27. The molecule has 1 unspecified atom stereocenters. The van der Waals surface area contributed by atoms with Crippen LogP contribution in [0.25, 0.3) is 0 Å². The zero-order chi connectivity index (χ0) is 20.8. The molecule has 4 rings (SSSR count). The molecule has 1 aromatic carbocycles. The van der Waals surface area contributed by atoms with Crippen LogP contribution in [0.1, 0.15) is 24.8 Å². The van der Waals surface area contributed by atoms with E-state index in [0.29, 0.717) is 12.5 Å². The average molecular weight is 410 g/mol. The third-order valence-corrected chi connectivity index (χ3v) is 6.18. The lowest BCUT2D eigenvalue weighted by Gasteiger charge is -2.35. The standard InChI is InChI=1S/C23H31N5O2/c1-30-21-7-2-5-19(18-21)17-20-6-3-11-26(20)12-8-22(29)27-13-15-28(16-14-27)23-24-9-4-10-25-23/h2,4-5,7,9-10,18,20H,3,6,8,11-17H2,1H3. The number of benzene rings is 1. The molecule has 2 aliphatic rings. The van der Waals surface area contributed by atoms with Crippen molar-refractivity contribution in [2.75, 3.05) is 51.3 Å². The van der Waals surface area contributed by atoms with E-state index in [4.69, 9.17) is 4.74 Å². The van der Waals surface area contributed by atoms with E-state index in [-0.39, 0.29) is 5.91 Å². The number of methoxy groups -OCH3 is 1. The van der Waals surface area contributed by atoms with E-state index in [9.17, 15) is 4.79 Å². The molecule has 0 radical (unpaired) electrons. The fraction of sp³-hybridized carbons (Fsp3) is 0.522. The summed E-state index contributed by atoms with van der Waals surface area (Å²) < 4.78 is 5.35. The van der Waals surface area contributed by atoms with Crippen molar-refractivity contribution in [1.82, 2.24) is 19.8 Å². The minimum Gasteiger partial charge on any atom is -0.497 e. The molecular weight excluding hydrogens is 378 g/mol. The molecule has 0 saturated carbocycles. The quantitative estimate of drug-likeness (QED) is 0.699. The van der Waals surface area contributed by atoms with Crippen LogP contribution in [0.4, 0.5) is 5.95 Å². The van der Waals surface area contributed by atoms with E-state index in [1.54, 1.807) is 19.5 Å². The van der Waals surface area contributed by atoms with Crippen LogP contribution in [0.2, 0.25) is 0 Å². The molecular formula is C23H31N5O2. The van der Waals surface area contributed by atoms with Crippen molar-refractivity contribution in [3.8, 4) is 5.75 Å². The maximum atomic E-state index is 12.8. The van der Waals surface area contributed by atoms with Crippen molar-refractivity contribution in [2.45, 2.75) is 31.7 Å². The molecule has 2 aliphatic heterocycles. The Balaban J connectivity index is 1.24. The molecule has 1 atom stereocenters. The van der Waals surface area contributed by atoms with Crippen LogP contribution < -0.4 is 9.64 Å². The van der Waals surface area contributed by atoms with E-state index in [1.165, 1.54) is 18.4 Å². The predicted molar refractivity (Wildman–Crippen MR) is 117 cm³/mol. The average Bonchev–Trinajstić information content (AvgIpc) is 3.25. The summed E-state index contributed by atoms with van der Waals surface area (Å²) in [4.78, 5) is 28.0. The van der Waals surface area contributed by atoms with Crippen molar-refractivity contribution >= 4 is 11.9 Å². The fourth-order valence-electron chi connectivity index (χ4n) is 4.50. The smallest absolute Gasteiger partial charge is 0.225 e. The first kappa shape index (κ1) is 20.6. The van der Waals surface area contributed by atoms with Gasteiger partial charge in [-0.2, -0.15) is 0 Å². The van der Waals surface area contributed by atoms with E-state index in [1.807, 2.05) is 17.0 Å². The Kier molecular flexibility index (Phi) is 6.79. The lowest BCUT2D eigenvalue weighted by Crippen LogP contribution is -2.49. The predicted octanol–water partition coefficient (Wildman–Crippen LogP) is 2.23. The normalized spacial score (nSPS) is 19.8. The number of carbonyl (C=O) groups excluding carboxylic acids is 1. The number of hydrogen-bond donors (Lipinski definition) is 0. The van der Waals surface area contributed by atoms with E-state index in [0.717, 1.165) is 57.4 Å². The van der Waals surface area contributed by atoms with Gasteiger partial charge in [-0.3, -0.25) is 9.69 Å². The van der Waals surface area contributed by atoms with Gasteiger partial charge in [0.2, 0.25) is 11.9 Å². The number of hydrogen-bond acceptors (Lipinski definition) is 6. The number of rotatable bonds is 7. The summed E-state index contributed by atoms with van der Waals surface area (Å²) in [6.07, 6.45) is 7.53. The molecule has 2 aromatic rings. The maximum absolute atomic E-state index is 12.8. The largest absolute Gasteiger partial charge is 0.497 e. The first-order valence-corrected chi connectivity index (χ1v) is 10.9. The first-order chi connectivity index (χ1) is 14.7.